The van der Waals surface area contributed by atoms with E-state index in [4.69, 9.17) is 17.3 Å². The van der Waals surface area contributed by atoms with Crippen molar-refractivity contribution in [1.29, 1.82) is 0 Å². The summed E-state index contributed by atoms with van der Waals surface area (Å²) in [6.45, 7) is 1.89. The van der Waals surface area contributed by atoms with Gasteiger partial charge in [-0.25, -0.2) is 0 Å². The molecule has 1 atom stereocenters. The molecule has 0 heterocycles. The summed E-state index contributed by atoms with van der Waals surface area (Å²) < 4.78 is 0. The van der Waals surface area contributed by atoms with Gasteiger partial charge in [0.25, 0.3) is 0 Å². The number of nitrogens with two attached hydrogens (primary N) is 1. The van der Waals surface area contributed by atoms with E-state index in [-0.39, 0.29) is 11.9 Å². The number of thioether (sulfide) groups is 1. The summed E-state index contributed by atoms with van der Waals surface area (Å²) in [7, 11) is 0. The summed E-state index contributed by atoms with van der Waals surface area (Å²) in [5.41, 5.74) is 6.32. The topological polar surface area (TPSA) is 55.1 Å². The molecule has 1 aromatic carbocycles. The molecule has 0 aliphatic carbocycles. The van der Waals surface area contributed by atoms with Gasteiger partial charge in [-0.15, -0.1) is 11.8 Å². The molecular formula is C12H17ClN2OS. The Morgan fingerprint density at radius 3 is 2.82 bits per heavy atom. The largest absolute Gasteiger partial charge is 0.328 e. The van der Waals surface area contributed by atoms with Crippen LogP contribution >= 0.6 is 23.4 Å². The smallest absolute Gasteiger partial charge is 0.224 e. The van der Waals surface area contributed by atoms with E-state index in [2.05, 4.69) is 5.32 Å². The monoisotopic (exact) mass is 272 g/mol. The van der Waals surface area contributed by atoms with E-state index >= 15 is 0 Å². The number of hydrogen-bond donors (Lipinski definition) is 2. The first kappa shape index (κ1) is 14.4. The first-order chi connectivity index (χ1) is 8.02. The number of nitrogens with one attached hydrogen (secondary N) is 1. The molecule has 0 radical (unpaired) electrons. The number of carbonyl (C=O) groups is 1. The van der Waals surface area contributed by atoms with Crippen molar-refractivity contribution in [2.45, 2.75) is 30.7 Å². The third-order valence-corrected chi connectivity index (χ3v) is 3.48. The van der Waals surface area contributed by atoms with E-state index in [0.29, 0.717) is 17.9 Å². The average molecular weight is 273 g/mol. The van der Waals surface area contributed by atoms with Crippen molar-refractivity contribution in [3.8, 4) is 0 Å². The van der Waals surface area contributed by atoms with Crippen LogP contribution in [0.3, 0.4) is 0 Å². The highest BCUT2D eigenvalue weighted by Crippen LogP contribution is 2.27. The van der Waals surface area contributed by atoms with Gasteiger partial charge in [-0.3, -0.25) is 4.79 Å². The van der Waals surface area contributed by atoms with E-state index in [1.54, 1.807) is 17.8 Å². The van der Waals surface area contributed by atoms with Crippen LogP contribution in [0.25, 0.3) is 0 Å². The number of halogens is 1. The van der Waals surface area contributed by atoms with Crippen LogP contribution in [0.2, 0.25) is 5.02 Å². The van der Waals surface area contributed by atoms with E-state index in [1.807, 2.05) is 25.3 Å². The molecule has 5 heteroatoms. The molecule has 1 unspecified atom stereocenters. The molecule has 0 bridgehead atoms. The minimum absolute atomic E-state index is 0.0322. The molecule has 1 amide bonds. The van der Waals surface area contributed by atoms with Crippen LogP contribution in [0.4, 0.5) is 5.69 Å². The van der Waals surface area contributed by atoms with Crippen molar-refractivity contribution < 1.29 is 4.79 Å². The molecule has 1 aromatic rings. The lowest BCUT2D eigenvalue weighted by molar-refractivity contribution is -0.116. The summed E-state index contributed by atoms with van der Waals surface area (Å²) in [5, 5.41) is 3.46. The van der Waals surface area contributed by atoms with Crippen molar-refractivity contribution in [2.75, 3.05) is 11.6 Å². The van der Waals surface area contributed by atoms with Crippen LogP contribution in [0, 0.1) is 0 Å². The number of benzene rings is 1. The van der Waals surface area contributed by atoms with Crippen LogP contribution in [0.1, 0.15) is 19.8 Å². The zero-order valence-electron chi connectivity index (χ0n) is 10.00. The summed E-state index contributed by atoms with van der Waals surface area (Å²) in [4.78, 5) is 12.6. The predicted octanol–water partition coefficient (Wildman–Crippen LogP) is 3.13. The summed E-state index contributed by atoms with van der Waals surface area (Å²) >= 11 is 7.62. The van der Waals surface area contributed by atoms with Gasteiger partial charge in [-0.1, -0.05) is 11.6 Å². The minimum atomic E-state index is -0.0322. The summed E-state index contributed by atoms with van der Waals surface area (Å²) in [5.74, 6) is -0.0322. The Bertz CT molecular complexity index is 396. The van der Waals surface area contributed by atoms with Gasteiger partial charge in [0.1, 0.15) is 0 Å². The third kappa shape index (κ3) is 4.98. The molecule has 0 saturated carbocycles. The Morgan fingerprint density at radius 1 is 1.59 bits per heavy atom. The van der Waals surface area contributed by atoms with Crippen molar-refractivity contribution in [3.63, 3.8) is 0 Å². The van der Waals surface area contributed by atoms with Gasteiger partial charge in [0, 0.05) is 23.0 Å². The maximum atomic E-state index is 11.6. The summed E-state index contributed by atoms with van der Waals surface area (Å²) in [6.07, 6.45) is 3.07. The Hall–Kier alpha value is -0.710. The van der Waals surface area contributed by atoms with E-state index in [0.717, 1.165) is 10.6 Å². The number of carbonyl (C=O) groups excluding carboxylic acids is 1. The average Bonchev–Trinajstić information content (AvgIpc) is 2.26. The molecule has 0 aliphatic rings. The van der Waals surface area contributed by atoms with Gasteiger partial charge >= 0.3 is 0 Å². The van der Waals surface area contributed by atoms with Gasteiger partial charge in [0.2, 0.25) is 5.91 Å². The Balaban J connectivity index is 2.57. The fourth-order valence-corrected chi connectivity index (χ4v) is 2.20. The van der Waals surface area contributed by atoms with Crippen molar-refractivity contribution in [3.05, 3.63) is 23.2 Å². The molecule has 0 spiro atoms. The number of hydrogen-bond acceptors (Lipinski definition) is 3. The van der Waals surface area contributed by atoms with Gasteiger partial charge in [0.05, 0.1) is 5.02 Å². The van der Waals surface area contributed by atoms with Crippen LogP contribution in [-0.2, 0) is 4.79 Å². The SMILES string of the molecule is CSc1ccc(NC(=O)CCC(C)N)cc1Cl. The lowest BCUT2D eigenvalue weighted by atomic mass is 10.2. The van der Waals surface area contributed by atoms with Crippen molar-refractivity contribution >= 4 is 35.0 Å². The number of anilines is 1. The lowest BCUT2D eigenvalue weighted by Gasteiger charge is -2.08. The maximum absolute atomic E-state index is 11.6. The van der Waals surface area contributed by atoms with Crippen molar-refractivity contribution in [2.24, 2.45) is 5.73 Å². The molecule has 0 fully saturated rings. The first-order valence-corrected chi connectivity index (χ1v) is 7.02. The number of amides is 1. The predicted molar refractivity (Wildman–Crippen MR) is 74.7 cm³/mol. The van der Waals surface area contributed by atoms with Gasteiger partial charge < -0.3 is 11.1 Å². The van der Waals surface area contributed by atoms with Crippen LogP contribution in [-0.4, -0.2) is 18.2 Å². The molecule has 17 heavy (non-hydrogen) atoms. The Kier molecular flexibility index (Phi) is 5.82. The first-order valence-electron chi connectivity index (χ1n) is 5.42. The quantitative estimate of drug-likeness (QED) is 0.810. The number of rotatable bonds is 5. The van der Waals surface area contributed by atoms with Gasteiger partial charge in [-0.2, -0.15) is 0 Å². The fourth-order valence-electron chi connectivity index (χ4n) is 1.33. The summed E-state index contributed by atoms with van der Waals surface area (Å²) in [6, 6.07) is 5.55. The van der Waals surface area contributed by atoms with E-state index in [1.165, 1.54) is 0 Å². The Labute approximate surface area is 111 Å². The van der Waals surface area contributed by atoms with Crippen LogP contribution < -0.4 is 11.1 Å². The minimum Gasteiger partial charge on any atom is -0.328 e. The normalized spacial score (nSPS) is 12.2. The van der Waals surface area contributed by atoms with Gasteiger partial charge in [0.15, 0.2) is 0 Å². The molecule has 0 aliphatic heterocycles. The van der Waals surface area contributed by atoms with Crippen molar-refractivity contribution in [1.82, 2.24) is 0 Å². The van der Waals surface area contributed by atoms with E-state index in [9.17, 15) is 4.79 Å². The standard InChI is InChI=1S/C12H17ClN2OS/c1-8(14)3-6-12(16)15-9-4-5-11(17-2)10(13)7-9/h4-5,7-8H,3,6,14H2,1-2H3,(H,15,16). The molecule has 1 rings (SSSR count). The van der Waals surface area contributed by atoms with Crippen LogP contribution in [0.5, 0.6) is 0 Å². The zero-order valence-corrected chi connectivity index (χ0v) is 11.6. The second-order valence-corrected chi connectivity index (χ2v) is 5.17. The Morgan fingerprint density at radius 2 is 2.29 bits per heavy atom. The highest BCUT2D eigenvalue weighted by atomic mass is 35.5. The fraction of sp³-hybridized carbons (Fsp3) is 0.417. The second kappa shape index (κ2) is 6.89. The zero-order chi connectivity index (χ0) is 12.8. The highest BCUT2D eigenvalue weighted by molar-refractivity contribution is 7.98. The highest BCUT2D eigenvalue weighted by Gasteiger charge is 2.06. The maximum Gasteiger partial charge on any atom is 0.224 e. The molecular weight excluding hydrogens is 256 g/mol. The molecule has 0 aromatic heterocycles. The van der Waals surface area contributed by atoms with Crippen LogP contribution in [0.15, 0.2) is 23.1 Å². The molecule has 94 valence electrons. The molecule has 3 N–H and O–H groups in total. The third-order valence-electron chi connectivity index (χ3n) is 2.26. The lowest BCUT2D eigenvalue weighted by Crippen LogP contribution is -2.19. The second-order valence-electron chi connectivity index (χ2n) is 3.91. The molecule has 0 saturated heterocycles. The van der Waals surface area contributed by atoms with E-state index < -0.39 is 0 Å². The van der Waals surface area contributed by atoms with Gasteiger partial charge in [-0.05, 0) is 37.8 Å². The molecule has 3 nitrogen and oxygen atoms in total.